The van der Waals surface area contributed by atoms with Crippen LogP contribution in [-0.2, 0) is 56.3 Å². The van der Waals surface area contributed by atoms with Crippen LogP contribution in [0.3, 0.4) is 0 Å². The quantitative estimate of drug-likeness (QED) is 0.194. The lowest BCUT2D eigenvalue weighted by Gasteiger charge is -2.22. The van der Waals surface area contributed by atoms with Crippen molar-refractivity contribution in [1.29, 1.82) is 0 Å². The molecule has 0 saturated carbocycles. The molecule has 3 N–H and O–H groups in total. The summed E-state index contributed by atoms with van der Waals surface area (Å²) in [4.78, 5) is 55.0. The highest BCUT2D eigenvalue weighted by Crippen LogP contribution is 2.37. The van der Waals surface area contributed by atoms with Crippen LogP contribution in [0.2, 0.25) is 0 Å². The number of urea groups is 1. The van der Waals surface area contributed by atoms with Crippen LogP contribution in [0.4, 0.5) is 36.8 Å². The number of nitrogens with one attached hydrogen (secondary N) is 3. The van der Waals surface area contributed by atoms with Crippen molar-refractivity contribution in [3.8, 4) is 0 Å². The predicted octanol–water partition coefficient (Wildman–Crippen LogP) is 4.37. The molecule has 0 aliphatic rings. The Hall–Kier alpha value is -5.09. The number of benzene rings is 2. The largest absolute Gasteiger partial charge is 0.467 e. The van der Waals surface area contributed by atoms with Crippen molar-refractivity contribution in [3.63, 3.8) is 0 Å². The zero-order valence-corrected chi connectivity index (χ0v) is 24.4. The Morgan fingerprint density at radius 2 is 1.54 bits per heavy atom. The number of anilines is 1. The Kier molecular flexibility index (Phi) is 11.7. The van der Waals surface area contributed by atoms with E-state index in [0.29, 0.717) is 11.3 Å². The number of ether oxygens (including phenoxy) is 2. The molecule has 1 heterocycles. The lowest BCUT2D eigenvalue weighted by atomic mass is 10.1. The van der Waals surface area contributed by atoms with E-state index in [-0.39, 0.29) is 31.2 Å². The lowest BCUT2D eigenvalue weighted by molar-refractivity contribution is -0.146. The van der Waals surface area contributed by atoms with Crippen molar-refractivity contribution in [2.75, 3.05) is 12.4 Å². The van der Waals surface area contributed by atoms with Crippen LogP contribution < -0.4 is 16.0 Å². The Morgan fingerprint density at radius 3 is 2.09 bits per heavy atom. The number of hydrogen-bond donors (Lipinski definition) is 3. The maximum atomic E-state index is 13.3. The number of carbonyl (C=O) groups is 4. The molecule has 0 bridgehead atoms. The van der Waals surface area contributed by atoms with Gasteiger partial charge in [-0.1, -0.05) is 30.3 Å². The third-order valence-electron chi connectivity index (χ3n) is 6.32. The van der Waals surface area contributed by atoms with Gasteiger partial charge in [0.15, 0.2) is 0 Å². The molecule has 0 radical (unpaired) electrons. The number of imidazole rings is 1. The van der Waals surface area contributed by atoms with Gasteiger partial charge >= 0.3 is 30.3 Å². The Balaban J connectivity index is 1.79. The number of methoxy groups -OCH3 is 1. The molecule has 0 aliphatic carbocycles. The summed E-state index contributed by atoms with van der Waals surface area (Å²) in [5.41, 5.74) is -3.18. The van der Waals surface area contributed by atoms with Gasteiger partial charge in [-0.15, -0.1) is 0 Å². The molecule has 17 heteroatoms. The molecule has 3 amide bonds. The first-order chi connectivity index (χ1) is 21.5. The van der Waals surface area contributed by atoms with E-state index in [9.17, 15) is 45.5 Å². The van der Waals surface area contributed by atoms with Crippen molar-refractivity contribution in [1.82, 2.24) is 20.2 Å². The fourth-order valence-corrected chi connectivity index (χ4v) is 4.08. The van der Waals surface area contributed by atoms with E-state index >= 15 is 0 Å². The minimum Gasteiger partial charge on any atom is -0.467 e. The van der Waals surface area contributed by atoms with Crippen molar-refractivity contribution in [2.45, 2.75) is 50.3 Å². The third kappa shape index (κ3) is 10.8. The first-order valence-corrected chi connectivity index (χ1v) is 13.5. The van der Waals surface area contributed by atoms with Crippen LogP contribution >= 0.6 is 0 Å². The Labute approximate surface area is 258 Å². The Morgan fingerprint density at radius 1 is 0.913 bits per heavy atom. The minimum atomic E-state index is -5.17. The number of hydrogen-bond acceptors (Lipinski definition) is 7. The summed E-state index contributed by atoms with van der Waals surface area (Å²) >= 11 is 0. The molecule has 2 aromatic carbocycles. The van der Waals surface area contributed by atoms with Gasteiger partial charge in [0, 0.05) is 31.8 Å². The molecule has 0 fully saturated rings. The normalized spacial score (nSPS) is 12.9. The molecule has 248 valence electrons. The monoisotopic (exact) mass is 657 g/mol. The van der Waals surface area contributed by atoms with Gasteiger partial charge in [0.25, 0.3) is 0 Å². The van der Waals surface area contributed by atoms with E-state index in [1.54, 1.807) is 48.1 Å². The average molecular weight is 658 g/mol. The molecular weight excluding hydrogens is 628 g/mol. The van der Waals surface area contributed by atoms with Gasteiger partial charge in [-0.2, -0.15) is 26.3 Å². The molecule has 0 aliphatic heterocycles. The van der Waals surface area contributed by atoms with E-state index in [1.807, 2.05) is 5.32 Å². The van der Waals surface area contributed by atoms with E-state index in [4.69, 9.17) is 9.47 Å². The highest BCUT2D eigenvalue weighted by molar-refractivity contribution is 5.95. The van der Waals surface area contributed by atoms with Gasteiger partial charge in [-0.05, 0) is 30.2 Å². The zero-order valence-electron chi connectivity index (χ0n) is 24.4. The van der Waals surface area contributed by atoms with Gasteiger partial charge in [0.05, 0.1) is 30.3 Å². The smallest absolute Gasteiger partial charge is 0.416 e. The molecule has 0 spiro atoms. The second-order valence-corrected chi connectivity index (χ2v) is 9.95. The van der Waals surface area contributed by atoms with Gasteiger partial charge < -0.3 is 30.0 Å². The SMILES string of the molecule is COC(=O)[C@H](Cc1cn(C)cn1)NC(=O)[C@H](CCC(=O)OCc1ccccc1)NC(=O)Nc1cc(C(F)(F)F)cc(C(F)(F)F)c1. The zero-order chi connectivity index (χ0) is 34.1. The second kappa shape index (κ2) is 15.3. The highest BCUT2D eigenvalue weighted by Gasteiger charge is 2.37. The van der Waals surface area contributed by atoms with Gasteiger partial charge in [-0.25, -0.2) is 14.6 Å². The average Bonchev–Trinajstić information content (AvgIpc) is 3.40. The van der Waals surface area contributed by atoms with Crippen LogP contribution in [-0.4, -0.2) is 52.6 Å². The second-order valence-electron chi connectivity index (χ2n) is 9.95. The number of rotatable bonds is 12. The summed E-state index contributed by atoms with van der Waals surface area (Å²) in [6, 6.07) is 4.73. The molecular formula is C29H29F6N5O6. The van der Waals surface area contributed by atoms with Gasteiger partial charge in [-0.3, -0.25) is 9.59 Å². The summed E-state index contributed by atoms with van der Waals surface area (Å²) in [6.07, 6.45) is -8.35. The van der Waals surface area contributed by atoms with E-state index in [0.717, 1.165) is 7.11 Å². The maximum absolute atomic E-state index is 13.3. The molecule has 2 atom stereocenters. The number of amides is 3. The minimum absolute atomic E-state index is 0.101. The standard InChI is InChI=1S/C29H29F6N5O6/c1-40-14-21(36-16-40)13-23(26(43)45-2)38-25(42)22(8-9-24(41)46-15-17-6-4-3-5-7-17)39-27(44)37-20-11-18(28(30,31)32)10-19(12-20)29(33,34)35/h3-7,10-12,14,16,22-23H,8-9,13,15H2,1-2H3,(H,38,42)(H2,37,39,44)/t22-,23-/m0/s1. The molecule has 11 nitrogen and oxygen atoms in total. The molecule has 46 heavy (non-hydrogen) atoms. The lowest BCUT2D eigenvalue weighted by Crippen LogP contribution is -2.53. The number of halogens is 6. The van der Waals surface area contributed by atoms with Crippen molar-refractivity contribution >= 4 is 29.6 Å². The van der Waals surface area contributed by atoms with E-state index < -0.39 is 78.0 Å². The van der Waals surface area contributed by atoms with Crippen molar-refractivity contribution in [3.05, 3.63) is 83.4 Å². The summed E-state index contributed by atoms with van der Waals surface area (Å²) < 4.78 is 91.1. The summed E-state index contributed by atoms with van der Waals surface area (Å²) in [6.45, 7) is -0.101. The van der Waals surface area contributed by atoms with Crippen molar-refractivity contribution in [2.24, 2.45) is 7.05 Å². The highest BCUT2D eigenvalue weighted by atomic mass is 19.4. The third-order valence-corrected chi connectivity index (χ3v) is 6.32. The fourth-order valence-electron chi connectivity index (χ4n) is 4.08. The number of carbonyl (C=O) groups excluding carboxylic acids is 4. The molecule has 0 saturated heterocycles. The van der Waals surface area contributed by atoms with Crippen LogP contribution in [0.25, 0.3) is 0 Å². The van der Waals surface area contributed by atoms with Crippen LogP contribution in [0.15, 0.2) is 61.1 Å². The number of alkyl halides is 6. The first kappa shape index (κ1) is 35.4. The van der Waals surface area contributed by atoms with Gasteiger partial charge in [0.2, 0.25) is 5.91 Å². The molecule has 3 aromatic rings. The summed E-state index contributed by atoms with van der Waals surface area (Å²) in [5, 5.41) is 6.38. The first-order valence-electron chi connectivity index (χ1n) is 13.5. The summed E-state index contributed by atoms with van der Waals surface area (Å²) in [7, 11) is 2.73. The fraction of sp³-hybridized carbons (Fsp3) is 0.345. The molecule has 3 rings (SSSR count). The number of aryl methyl sites for hydroxylation is 1. The van der Waals surface area contributed by atoms with Crippen LogP contribution in [0.1, 0.15) is 35.2 Å². The van der Waals surface area contributed by atoms with E-state index in [2.05, 4.69) is 15.6 Å². The van der Waals surface area contributed by atoms with Crippen molar-refractivity contribution < 1.29 is 55.0 Å². The molecule has 0 unspecified atom stereocenters. The Bertz CT molecular complexity index is 1490. The number of nitrogens with zero attached hydrogens (tertiary/aromatic N) is 2. The van der Waals surface area contributed by atoms with Crippen LogP contribution in [0, 0.1) is 0 Å². The maximum Gasteiger partial charge on any atom is 0.416 e. The predicted molar refractivity (Wildman–Crippen MR) is 149 cm³/mol. The molecule has 1 aromatic heterocycles. The topological polar surface area (TPSA) is 141 Å². The number of aromatic nitrogens is 2. The van der Waals surface area contributed by atoms with Crippen LogP contribution in [0.5, 0.6) is 0 Å². The van der Waals surface area contributed by atoms with E-state index in [1.165, 1.54) is 6.33 Å². The summed E-state index contributed by atoms with van der Waals surface area (Å²) in [5.74, 6) is -2.68. The van der Waals surface area contributed by atoms with Gasteiger partial charge in [0.1, 0.15) is 18.7 Å². The number of esters is 2.